The molecular weight excluding hydrogens is 1360 g/mol. The van der Waals surface area contributed by atoms with Gasteiger partial charge in [-0.15, -0.1) is 0 Å². The van der Waals surface area contributed by atoms with Gasteiger partial charge in [-0.1, -0.05) is 371 Å². The van der Waals surface area contributed by atoms with Gasteiger partial charge >= 0.3 is 0 Å². The fourth-order valence-electron chi connectivity index (χ4n) is 15.3. The van der Waals surface area contributed by atoms with E-state index in [1.54, 1.807) is 6.08 Å². The molecule has 3 heterocycles. The maximum absolute atomic E-state index is 13.5. The molecule has 0 aromatic heterocycles. The predicted molar refractivity (Wildman–Crippen MR) is 429 cm³/mol. The van der Waals surface area contributed by atoms with Gasteiger partial charge in [0.05, 0.1) is 38.6 Å². The van der Waals surface area contributed by atoms with Crippen molar-refractivity contribution in [3.8, 4) is 0 Å². The SMILES string of the molecule is CCCCCCCCCCCCCCCCCCCCC/C=C/CC/C=C/CC/C=C/C(O)C(COC1OC(CO)C(OC2OC(CO)C(OC3OC(CO)C(O)C(O)C3O)C(O)C2O)C(O)C1O)NC(=O)CCCCCCCCCCCCCCCCCCCCCCCCCCCCCCCCCCC. The van der Waals surface area contributed by atoms with Gasteiger partial charge in [0.2, 0.25) is 5.91 Å². The zero-order valence-corrected chi connectivity index (χ0v) is 67.9. The third-order valence-electron chi connectivity index (χ3n) is 22.4. The molecule has 12 N–H and O–H groups in total. The lowest BCUT2D eigenvalue weighted by molar-refractivity contribution is -0.379. The van der Waals surface area contributed by atoms with E-state index >= 15 is 0 Å². The van der Waals surface area contributed by atoms with Crippen LogP contribution in [0.5, 0.6) is 0 Å². The van der Waals surface area contributed by atoms with Gasteiger partial charge in [-0.05, 0) is 44.9 Å². The first-order chi connectivity index (χ1) is 52.3. The highest BCUT2D eigenvalue weighted by molar-refractivity contribution is 5.76. The van der Waals surface area contributed by atoms with Crippen LogP contribution in [0, 0.1) is 0 Å². The Morgan fingerprint density at radius 3 is 0.935 bits per heavy atom. The van der Waals surface area contributed by atoms with Crippen LogP contribution in [0.2, 0.25) is 0 Å². The minimum absolute atomic E-state index is 0.237. The number of carbonyl (C=O) groups excluding carboxylic acids is 1. The molecule has 17 atom stereocenters. The minimum atomic E-state index is -1.98. The maximum atomic E-state index is 13.5. The van der Waals surface area contributed by atoms with Gasteiger partial charge in [0, 0.05) is 6.42 Å². The Labute approximate surface area is 651 Å². The van der Waals surface area contributed by atoms with Crippen LogP contribution in [0.3, 0.4) is 0 Å². The van der Waals surface area contributed by atoms with E-state index in [4.69, 9.17) is 28.4 Å². The van der Waals surface area contributed by atoms with Crippen molar-refractivity contribution < 1.29 is 89.4 Å². The number of aliphatic hydroxyl groups is 11. The van der Waals surface area contributed by atoms with E-state index in [2.05, 4.69) is 43.5 Å². The number of rotatable bonds is 73. The number of carbonyl (C=O) groups is 1. The predicted octanol–water partition coefficient (Wildman–Crippen LogP) is 16.6. The molecule has 630 valence electrons. The summed E-state index contributed by atoms with van der Waals surface area (Å²) in [5.41, 5.74) is 0. The van der Waals surface area contributed by atoms with Crippen molar-refractivity contribution in [1.29, 1.82) is 0 Å². The van der Waals surface area contributed by atoms with Crippen molar-refractivity contribution in [2.24, 2.45) is 0 Å². The number of nitrogens with one attached hydrogen (secondary N) is 1. The molecule has 0 aromatic carbocycles. The zero-order valence-electron chi connectivity index (χ0n) is 67.9. The number of unbranched alkanes of at least 4 members (excludes halogenated alkanes) is 53. The van der Waals surface area contributed by atoms with Crippen LogP contribution >= 0.6 is 0 Å². The fourth-order valence-corrected chi connectivity index (χ4v) is 15.3. The molecule has 17 unspecified atom stereocenters. The van der Waals surface area contributed by atoms with E-state index in [9.17, 15) is 61.0 Å². The summed E-state index contributed by atoms with van der Waals surface area (Å²) >= 11 is 0. The smallest absolute Gasteiger partial charge is 0.220 e. The largest absolute Gasteiger partial charge is 0.394 e. The third kappa shape index (κ3) is 47.5. The van der Waals surface area contributed by atoms with Crippen LogP contribution < -0.4 is 5.32 Å². The average molecular weight is 1530 g/mol. The molecule has 0 spiro atoms. The number of aliphatic hydroxyl groups excluding tert-OH is 11. The molecule has 19 heteroatoms. The molecule has 0 bridgehead atoms. The highest BCUT2D eigenvalue weighted by Crippen LogP contribution is 2.34. The Morgan fingerprint density at radius 1 is 0.327 bits per heavy atom. The van der Waals surface area contributed by atoms with E-state index in [0.717, 1.165) is 44.9 Å². The van der Waals surface area contributed by atoms with E-state index < -0.39 is 124 Å². The van der Waals surface area contributed by atoms with Gasteiger partial charge in [-0.25, -0.2) is 0 Å². The summed E-state index contributed by atoms with van der Waals surface area (Å²) in [5, 5.41) is 121. The second-order valence-electron chi connectivity index (χ2n) is 32.1. The van der Waals surface area contributed by atoms with Crippen LogP contribution in [-0.2, 0) is 33.2 Å². The van der Waals surface area contributed by atoms with Crippen molar-refractivity contribution in [3.05, 3.63) is 36.5 Å². The van der Waals surface area contributed by atoms with Gasteiger partial charge in [-0.3, -0.25) is 4.79 Å². The van der Waals surface area contributed by atoms with Crippen molar-refractivity contribution >= 4 is 5.91 Å². The molecule has 0 aromatic rings. The Balaban J connectivity index is 1.34. The normalized spacial score (nSPS) is 25.6. The molecule has 0 radical (unpaired) electrons. The Morgan fingerprint density at radius 2 is 0.598 bits per heavy atom. The van der Waals surface area contributed by atoms with Gasteiger partial charge in [0.15, 0.2) is 18.9 Å². The zero-order chi connectivity index (χ0) is 77.4. The van der Waals surface area contributed by atoms with Gasteiger partial charge in [-0.2, -0.15) is 0 Å². The number of hydrogen-bond acceptors (Lipinski definition) is 18. The van der Waals surface area contributed by atoms with Crippen molar-refractivity contribution in [2.75, 3.05) is 26.4 Å². The molecule has 1 amide bonds. The summed E-state index contributed by atoms with van der Waals surface area (Å²) in [6.45, 7) is 1.78. The first-order valence-corrected chi connectivity index (χ1v) is 44.7. The van der Waals surface area contributed by atoms with E-state index in [1.807, 2.05) is 6.08 Å². The summed E-state index contributed by atoms with van der Waals surface area (Å²) in [7, 11) is 0. The van der Waals surface area contributed by atoms with Crippen LogP contribution in [0.15, 0.2) is 36.5 Å². The number of amides is 1. The summed E-state index contributed by atoms with van der Waals surface area (Å²) in [4.78, 5) is 13.5. The summed E-state index contributed by atoms with van der Waals surface area (Å²) in [6.07, 6.45) is 60.2. The van der Waals surface area contributed by atoms with E-state index in [0.29, 0.717) is 12.8 Å². The van der Waals surface area contributed by atoms with Gasteiger partial charge in [0.1, 0.15) is 73.2 Å². The molecule has 3 rings (SSSR count). The number of hydrogen-bond donors (Lipinski definition) is 12. The third-order valence-corrected chi connectivity index (χ3v) is 22.4. The summed E-state index contributed by atoms with van der Waals surface area (Å²) in [5.74, 6) is -0.281. The highest BCUT2D eigenvalue weighted by atomic mass is 16.8. The van der Waals surface area contributed by atoms with Crippen LogP contribution in [0.4, 0.5) is 0 Å². The minimum Gasteiger partial charge on any atom is -0.394 e. The average Bonchev–Trinajstić information content (AvgIpc) is 0.781. The molecule has 3 aliphatic heterocycles. The second kappa shape index (κ2) is 68.4. The monoisotopic (exact) mass is 1520 g/mol. The quantitative estimate of drug-likeness (QED) is 0.0199. The van der Waals surface area contributed by atoms with Crippen molar-refractivity contribution in [2.45, 2.75) is 491 Å². The van der Waals surface area contributed by atoms with E-state index in [-0.39, 0.29) is 18.9 Å². The Bertz CT molecular complexity index is 2070. The fraction of sp³-hybridized carbons (Fsp3) is 0.920. The van der Waals surface area contributed by atoms with Crippen LogP contribution in [0.25, 0.3) is 0 Å². The topological polar surface area (TPSA) is 307 Å². The molecule has 3 aliphatic rings. The first-order valence-electron chi connectivity index (χ1n) is 44.7. The number of allylic oxidation sites excluding steroid dienone is 5. The Hall–Kier alpha value is -1.99. The van der Waals surface area contributed by atoms with Crippen molar-refractivity contribution in [1.82, 2.24) is 5.32 Å². The number of ether oxygens (including phenoxy) is 6. The van der Waals surface area contributed by atoms with Crippen LogP contribution in [-0.4, -0.2) is 193 Å². The lowest BCUT2D eigenvalue weighted by Crippen LogP contribution is -2.66. The molecule has 0 saturated carbocycles. The van der Waals surface area contributed by atoms with Crippen molar-refractivity contribution in [3.63, 3.8) is 0 Å². The van der Waals surface area contributed by atoms with Crippen LogP contribution in [0.1, 0.15) is 386 Å². The molecule has 3 saturated heterocycles. The lowest BCUT2D eigenvalue weighted by Gasteiger charge is -2.48. The second-order valence-corrected chi connectivity index (χ2v) is 32.1. The van der Waals surface area contributed by atoms with E-state index in [1.165, 1.54) is 308 Å². The molecule has 19 nitrogen and oxygen atoms in total. The molecule has 107 heavy (non-hydrogen) atoms. The van der Waals surface area contributed by atoms with Gasteiger partial charge in [0.25, 0.3) is 0 Å². The standard InChI is InChI=1S/C88H165NO18/c1-3-5-7-9-11-13-15-17-19-21-23-25-27-29-31-33-34-35-36-38-40-42-44-46-48-50-52-54-56-58-60-62-64-66-76(94)89-71(72(93)65-63-61-59-57-55-53-51-49-47-45-43-41-39-37-32-30-28-26-24-22-20-18-16-14-12-10-8-6-4-2)70-102-86-82(100)79(97)84(74(68-91)104-86)107-88-83(101)80(98)85(75(69-92)105-88)106-87-81(99)78(96)77(95)73(67-90)103-87/h47,49,55,57,63,65,71-75,77-88,90-93,95-101H,3-46,48,50-54,56,58-62,64,66-70H2,1-2H3,(H,89,94)/b49-47+,57-55+,65-63+. The summed E-state index contributed by atoms with van der Waals surface area (Å²) in [6, 6.07) is -0.997. The lowest BCUT2D eigenvalue weighted by atomic mass is 9.96. The molecule has 0 aliphatic carbocycles. The molecular formula is C88H165NO18. The first kappa shape index (κ1) is 99.2. The van der Waals surface area contributed by atoms with Gasteiger partial charge < -0.3 is 89.9 Å². The maximum Gasteiger partial charge on any atom is 0.220 e. The highest BCUT2D eigenvalue weighted by Gasteiger charge is 2.54. The molecule has 3 fully saturated rings. The Kier molecular flexibility index (Phi) is 63.4. The summed E-state index contributed by atoms with van der Waals surface area (Å²) < 4.78 is 34.5.